The van der Waals surface area contributed by atoms with Crippen LogP contribution in [-0.4, -0.2) is 26.8 Å². The molecule has 0 radical (unpaired) electrons. The summed E-state index contributed by atoms with van der Waals surface area (Å²) < 4.78 is 27.7. The summed E-state index contributed by atoms with van der Waals surface area (Å²) in [5.41, 5.74) is 3.98. The first-order valence-electron chi connectivity index (χ1n) is 12.7. The summed E-state index contributed by atoms with van der Waals surface area (Å²) in [4.78, 5) is 28.7. The number of amides is 2. The zero-order valence-electron chi connectivity index (χ0n) is 21.6. The van der Waals surface area contributed by atoms with Crippen molar-refractivity contribution in [3.63, 3.8) is 0 Å². The number of hydrogen-bond donors (Lipinski definition) is 1. The van der Waals surface area contributed by atoms with E-state index in [1.165, 1.54) is 11.0 Å². The third-order valence-corrected chi connectivity index (χ3v) is 7.20. The lowest BCUT2D eigenvalue weighted by Crippen LogP contribution is -2.46. The molecule has 0 aliphatic rings. The fourth-order valence-corrected chi connectivity index (χ4v) is 5.10. The second-order valence-electron chi connectivity index (χ2n) is 8.97. The molecular weight excluding hydrogens is 508 g/mol. The molecule has 4 aromatic rings. The van der Waals surface area contributed by atoms with E-state index in [1.807, 2.05) is 85.8 Å². The standard InChI is InChI=1S/C32H30N2O4S/c1-2-34(29-19-10-5-11-20-29)32(36)30(24-26-15-12-18-28(23-26)27-16-8-4-9-17-27)31(35)33-39(37,38)22-21-25-13-6-3-7-14-25/h3-23,30H,2,24H2,1H3,(H,33,35). The molecule has 1 N–H and O–H groups in total. The van der Waals surface area contributed by atoms with Gasteiger partial charge in [0.15, 0.2) is 0 Å². The van der Waals surface area contributed by atoms with Crippen molar-refractivity contribution >= 4 is 33.6 Å². The summed E-state index contributed by atoms with van der Waals surface area (Å²) in [5, 5.41) is 0.937. The molecular formula is C32H30N2O4S. The quantitative estimate of drug-likeness (QED) is 0.263. The van der Waals surface area contributed by atoms with Crippen LogP contribution in [0.3, 0.4) is 0 Å². The number of nitrogens with one attached hydrogen (secondary N) is 1. The van der Waals surface area contributed by atoms with Gasteiger partial charge in [-0.1, -0.05) is 103 Å². The number of sulfonamides is 1. The van der Waals surface area contributed by atoms with Gasteiger partial charge in [-0.05, 0) is 53.8 Å². The lowest BCUT2D eigenvalue weighted by atomic mass is 9.94. The second-order valence-corrected chi connectivity index (χ2v) is 10.5. The molecule has 1 unspecified atom stereocenters. The minimum absolute atomic E-state index is 0.0343. The molecule has 0 aromatic heterocycles. The maximum absolute atomic E-state index is 13.8. The molecule has 39 heavy (non-hydrogen) atoms. The van der Waals surface area contributed by atoms with E-state index < -0.39 is 27.8 Å². The number of carbonyl (C=O) groups is 2. The van der Waals surface area contributed by atoms with Crippen molar-refractivity contribution in [2.45, 2.75) is 13.3 Å². The number of anilines is 1. The van der Waals surface area contributed by atoms with Crippen LogP contribution < -0.4 is 9.62 Å². The average molecular weight is 539 g/mol. The van der Waals surface area contributed by atoms with Gasteiger partial charge in [0, 0.05) is 12.2 Å². The molecule has 0 saturated carbocycles. The maximum atomic E-state index is 13.8. The van der Waals surface area contributed by atoms with Gasteiger partial charge in [-0.25, -0.2) is 13.1 Å². The Balaban J connectivity index is 1.63. The highest BCUT2D eigenvalue weighted by atomic mass is 32.2. The number of hydrogen-bond acceptors (Lipinski definition) is 4. The molecule has 4 rings (SSSR count). The summed E-state index contributed by atoms with van der Waals surface area (Å²) in [6.45, 7) is 2.13. The van der Waals surface area contributed by atoms with Crippen molar-refractivity contribution in [3.8, 4) is 11.1 Å². The lowest BCUT2D eigenvalue weighted by molar-refractivity contribution is -0.132. The highest BCUT2D eigenvalue weighted by Gasteiger charge is 2.33. The first-order chi connectivity index (χ1) is 18.9. The summed E-state index contributed by atoms with van der Waals surface area (Å²) in [5.74, 6) is -2.62. The minimum Gasteiger partial charge on any atom is -0.312 e. The second kappa shape index (κ2) is 12.8. The highest BCUT2D eigenvalue weighted by Crippen LogP contribution is 2.24. The van der Waals surface area contributed by atoms with Crippen LogP contribution in [0.15, 0.2) is 121 Å². The van der Waals surface area contributed by atoms with Crippen LogP contribution in [-0.2, 0) is 26.0 Å². The molecule has 1 atom stereocenters. The van der Waals surface area contributed by atoms with Gasteiger partial charge in [-0.2, -0.15) is 0 Å². The average Bonchev–Trinajstić information content (AvgIpc) is 2.96. The predicted molar refractivity (Wildman–Crippen MR) is 156 cm³/mol. The molecule has 4 aromatic carbocycles. The van der Waals surface area contributed by atoms with Gasteiger partial charge in [-0.3, -0.25) is 9.59 Å². The van der Waals surface area contributed by atoms with Crippen LogP contribution in [0.1, 0.15) is 18.1 Å². The van der Waals surface area contributed by atoms with Crippen molar-refractivity contribution < 1.29 is 18.0 Å². The normalized spacial score (nSPS) is 12.1. The molecule has 0 spiro atoms. The van der Waals surface area contributed by atoms with Crippen molar-refractivity contribution in [2.24, 2.45) is 5.92 Å². The SMILES string of the molecule is CCN(C(=O)C(Cc1cccc(-c2ccccc2)c1)C(=O)NS(=O)(=O)C=Cc1ccccc1)c1ccccc1. The van der Waals surface area contributed by atoms with Crippen molar-refractivity contribution in [1.82, 2.24) is 4.72 Å². The minimum atomic E-state index is -4.15. The van der Waals surface area contributed by atoms with Crippen molar-refractivity contribution in [2.75, 3.05) is 11.4 Å². The molecule has 7 heteroatoms. The van der Waals surface area contributed by atoms with Crippen LogP contribution in [0.2, 0.25) is 0 Å². The Labute approximate surface area is 229 Å². The Morgan fingerprint density at radius 3 is 2.03 bits per heavy atom. The Bertz CT molecular complexity index is 1540. The fraction of sp³-hybridized carbons (Fsp3) is 0.125. The van der Waals surface area contributed by atoms with Gasteiger partial charge < -0.3 is 4.90 Å². The van der Waals surface area contributed by atoms with E-state index >= 15 is 0 Å². The zero-order chi connectivity index (χ0) is 27.7. The molecule has 0 aliphatic carbocycles. The van der Waals surface area contributed by atoms with Gasteiger partial charge >= 0.3 is 0 Å². The van der Waals surface area contributed by atoms with Crippen LogP contribution in [0, 0.1) is 5.92 Å². The van der Waals surface area contributed by atoms with Gasteiger partial charge in [0.25, 0.3) is 10.0 Å². The number of nitrogens with zero attached hydrogens (tertiary/aromatic N) is 1. The van der Waals surface area contributed by atoms with E-state index in [-0.39, 0.29) is 6.42 Å². The Hall–Kier alpha value is -4.49. The number of benzene rings is 4. The van der Waals surface area contributed by atoms with E-state index in [2.05, 4.69) is 4.72 Å². The summed E-state index contributed by atoms with van der Waals surface area (Å²) in [6.07, 6.45) is 1.44. The Kier molecular flexibility index (Phi) is 9.07. The molecule has 2 amide bonds. The van der Waals surface area contributed by atoms with E-state index in [1.54, 1.807) is 36.4 Å². The third-order valence-electron chi connectivity index (χ3n) is 6.22. The van der Waals surface area contributed by atoms with Gasteiger partial charge in [0.1, 0.15) is 5.92 Å². The molecule has 198 valence electrons. The molecule has 6 nitrogen and oxygen atoms in total. The van der Waals surface area contributed by atoms with Crippen LogP contribution >= 0.6 is 0 Å². The molecule has 0 aliphatic heterocycles. The van der Waals surface area contributed by atoms with Crippen LogP contribution in [0.25, 0.3) is 17.2 Å². The van der Waals surface area contributed by atoms with Gasteiger partial charge in [0.05, 0.1) is 5.41 Å². The Morgan fingerprint density at radius 2 is 1.38 bits per heavy atom. The van der Waals surface area contributed by atoms with E-state index in [4.69, 9.17) is 0 Å². The smallest absolute Gasteiger partial charge is 0.257 e. The Morgan fingerprint density at radius 1 is 0.795 bits per heavy atom. The zero-order valence-corrected chi connectivity index (χ0v) is 22.4. The molecule has 0 bridgehead atoms. The number of rotatable bonds is 10. The van der Waals surface area contributed by atoms with Gasteiger partial charge in [0.2, 0.25) is 11.8 Å². The molecule has 0 heterocycles. The summed E-state index contributed by atoms with van der Waals surface area (Å²) >= 11 is 0. The largest absolute Gasteiger partial charge is 0.312 e. The fourth-order valence-electron chi connectivity index (χ4n) is 4.28. The summed E-state index contributed by atoms with van der Waals surface area (Å²) in [7, 11) is -4.15. The van der Waals surface area contributed by atoms with E-state index in [0.29, 0.717) is 17.8 Å². The van der Waals surface area contributed by atoms with E-state index in [0.717, 1.165) is 22.1 Å². The number of carbonyl (C=O) groups excluding carboxylic acids is 2. The predicted octanol–water partition coefficient (Wildman–Crippen LogP) is 5.68. The third kappa shape index (κ3) is 7.52. The molecule has 0 fully saturated rings. The van der Waals surface area contributed by atoms with Gasteiger partial charge in [-0.15, -0.1) is 0 Å². The van der Waals surface area contributed by atoms with Crippen molar-refractivity contribution in [1.29, 1.82) is 0 Å². The highest BCUT2D eigenvalue weighted by molar-refractivity contribution is 7.93. The molecule has 0 saturated heterocycles. The topological polar surface area (TPSA) is 83.6 Å². The van der Waals surface area contributed by atoms with E-state index in [9.17, 15) is 18.0 Å². The number of para-hydroxylation sites is 1. The maximum Gasteiger partial charge on any atom is 0.257 e. The lowest BCUT2D eigenvalue weighted by Gasteiger charge is -2.26. The van der Waals surface area contributed by atoms with Crippen LogP contribution in [0.4, 0.5) is 5.69 Å². The first-order valence-corrected chi connectivity index (χ1v) is 14.2. The van der Waals surface area contributed by atoms with Crippen molar-refractivity contribution in [3.05, 3.63) is 132 Å². The monoisotopic (exact) mass is 538 g/mol. The first kappa shape index (κ1) is 27.5. The van der Waals surface area contributed by atoms with Crippen LogP contribution in [0.5, 0.6) is 0 Å². The summed E-state index contributed by atoms with van der Waals surface area (Å²) in [6, 6.07) is 35.3.